The molecule has 2 aromatic carbocycles. The summed E-state index contributed by atoms with van der Waals surface area (Å²) >= 11 is 1.80. The number of rotatable bonds is 3. The zero-order valence-electron chi connectivity index (χ0n) is 9.26. The van der Waals surface area contributed by atoms with E-state index in [1.54, 1.807) is 11.8 Å². The largest absolute Gasteiger partial charge is 0.0898 e. The Kier molecular flexibility index (Phi) is 3.84. The van der Waals surface area contributed by atoms with Crippen molar-refractivity contribution in [3.8, 4) is 0 Å². The summed E-state index contributed by atoms with van der Waals surface area (Å²) < 4.78 is 0. The van der Waals surface area contributed by atoms with Crippen LogP contribution in [-0.4, -0.2) is 0 Å². The number of allylic oxidation sites excluding steroid dienone is 1. The molecule has 1 heteroatoms. The topological polar surface area (TPSA) is 0 Å². The van der Waals surface area contributed by atoms with E-state index in [9.17, 15) is 0 Å². The Labute approximate surface area is 101 Å². The van der Waals surface area contributed by atoms with Crippen LogP contribution in [0.15, 0.2) is 71.6 Å². The van der Waals surface area contributed by atoms with Gasteiger partial charge in [0.15, 0.2) is 0 Å². The predicted molar refractivity (Wildman–Crippen MR) is 72.4 cm³/mol. The zero-order chi connectivity index (χ0) is 11.2. The van der Waals surface area contributed by atoms with Gasteiger partial charge in [0, 0.05) is 9.80 Å². The van der Waals surface area contributed by atoms with Crippen molar-refractivity contribution in [1.82, 2.24) is 0 Å². The molecular weight excluding hydrogens is 212 g/mol. The molecule has 0 amide bonds. The van der Waals surface area contributed by atoms with Gasteiger partial charge in [-0.05, 0) is 24.6 Å². The third-order valence-corrected chi connectivity index (χ3v) is 3.49. The van der Waals surface area contributed by atoms with Crippen LogP contribution in [0.4, 0.5) is 0 Å². The van der Waals surface area contributed by atoms with E-state index in [0.717, 1.165) is 0 Å². The molecule has 0 aliphatic rings. The molecule has 0 unspecified atom stereocenters. The highest BCUT2D eigenvalue weighted by Gasteiger charge is 2.01. The van der Waals surface area contributed by atoms with Gasteiger partial charge in [-0.2, -0.15) is 0 Å². The fourth-order valence-corrected chi connectivity index (χ4v) is 2.42. The highest BCUT2D eigenvalue weighted by atomic mass is 32.2. The summed E-state index contributed by atoms with van der Waals surface area (Å²) in [7, 11) is 0. The van der Waals surface area contributed by atoms with Crippen molar-refractivity contribution in [2.45, 2.75) is 11.8 Å². The SMILES string of the molecule is C/C=C(/Sc1ccccc1)c1ccccc1. The van der Waals surface area contributed by atoms with Gasteiger partial charge >= 0.3 is 0 Å². The van der Waals surface area contributed by atoms with Gasteiger partial charge in [-0.15, -0.1) is 0 Å². The van der Waals surface area contributed by atoms with E-state index in [-0.39, 0.29) is 0 Å². The molecule has 80 valence electrons. The summed E-state index contributed by atoms with van der Waals surface area (Å²) in [6.45, 7) is 2.08. The van der Waals surface area contributed by atoms with E-state index in [1.807, 2.05) is 12.1 Å². The van der Waals surface area contributed by atoms with Gasteiger partial charge in [-0.3, -0.25) is 0 Å². The Balaban J connectivity index is 2.20. The minimum Gasteiger partial charge on any atom is -0.0898 e. The maximum Gasteiger partial charge on any atom is 0.0152 e. The van der Waals surface area contributed by atoms with Crippen molar-refractivity contribution in [2.24, 2.45) is 0 Å². The lowest BCUT2D eigenvalue weighted by Gasteiger charge is -2.06. The monoisotopic (exact) mass is 226 g/mol. The molecule has 0 heterocycles. The zero-order valence-corrected chi connectivity index (χ0v) is 10.1. The van der Waals surface area contributed by atoms with Crippen LogP contribution < -0.4 is 0 Å². The van der Waals surface area contributed by atoms with Gasteiger partial charge in [0.05, 0.1) is 0 Å². The van der Waals surface area contributed by atoms with Crippen LogP contribution in [0.2, 0.25) is 0 Å². The van der Waals surface area contributed by atoms with Gasteiger partial charge in [0.2, 0.25) is 0 Å². The molecule has 0 spiro atoms. The molecule has 2 aromatic rings. The molecule has 0 aromatic heterocycles. The van der Waals surface area contributed by atoms with Crippen molar-refractivity contribution in [1.29, 1.82) is 0 Å². The number of thioether (sulfide) groups is 1. The summed E-state index contributed by atoms with van der Waals surface area (Å²) in [5.41, 5.74) is 1.28. The van der Waals surface area contributed by atoms with Crippen LogP contribution in [0, 0.1) is 0 Å². The second kappa shape index (κ2) is 5.57. The molecular formula is C15H14S. The number of benzene rings is 2. The molecule has 0 N–H and O–H groups in total. The van der Waals surface area contributed by atoms with Crippen molar-refractivity contribution >= 4 is 16.7 Å². The number of hydrogen-bond acceptors (Lipinski definition) is 1. The molecule has 0 aliphatic carbocycles. The molecule has 0 aliphatic heterocycles. The first kappa shape index (κ1) is 11.0. The van der Waals surface area contributed by atoms with Crippen molar-refractivity contribution in [3.05, 3.63) is 72.3 Å². The Morgan fingerprint density at radius 2 is 1.44 bits per heavy atom. The van der Waals surface area contributed by atoms with Gasteiger partial charge in [-0.1, -0.05) is 66.4 Å². The molecule has 0 saturated heterocycles. The predicted octanol–water partition coefficient (Wildman–Crippen LogP) is 4.84. The van der Waals surface area contributed by atoms with Crippen LogP contribution in [-0.2, 0) is 0 Å². The third kappa shape index (κ3) is 2.77. The lowest BCUT2D eigenvalue weighted by molar-refractivity contribution is 1.47. The Morgan fingerprint density at radius 3 is 2.00 bits per heavy atom. The van der Waals surface area contributed by atoms with Crippen molar-refractivity contribution < 1.29 is 0 Å². The Hall–Kier alpha value is -1.47. The van der Waals surface area contributed by atoms with E-state index >= 15 is 0 Å². The van der Waals surface area contributed by atoms with Crippen LogP contribution >= 0.6 is 11.8 Å². The minimum absolute atomic E-state index is 1.28. The molecule has 0 nitrogen and oxygen atoms in total. The highest BCUT2D eigenvalue weighted by molar-refractivity contribution is 8.08. The molecule has 0 fully saturated rings. The Morgan fingerprint density at radius 1 is 0.875 bits per heavy atom. The molecule has 0 saturated carbocycles. The average molecular weight is 226 g/mol. The summed E-state index contributed by atoms with van der Waals surface area (Å²) in [5, 5.41) is 0. The fraction of sp³-hybridized carbons (Fsp3) is 0.0667. The third-order valence-electron chi connectivity index (χ3n) is 2.29. The first-order chi connectivity index (χ1) is 7.90. The van der Waals surface area contributed by atoms with Crippen molar-refractivity contribution in [2.75, 3.05) is 0 Å². The minimum atomic E-state index is 1.28. The Bertz CT molecular complexity index is 457. The fourth-order valence-electron chi connectivity index (χ4n) is 1.50. The van der Waals surface area contributed by atoms with Gasteiger partial charge in [-0.25, -0.2) is 0 Å². The summed E-state index contributed by atoms with van der Waals surface area (Å²) in [5.74, 6) is 0. The molecule has 16 heavy (non-hydrogen) atoms. The number of hydrogen-bond donors (Lipinski definition) is 0. The normalized spacial score (nSPS) is 11.4. The van der Waals surface area contributed by atoms with E-state index < -0.39 is 0 Å². The second-order valence-electron chi connectivity index (χ2n) is 3.43. The first-order valence-electron chi connectivity index (χ1n) is 5.35. The van der Waals surface area contributed by atoms with Crippen LogP contribution in [0.5, 0.6) is 0 Å². The lowest BCUT2D eigenvalue weighted by atomic mass is 10.2. The maximum atomic E-state index is 2.16. The van der Waals surface area contributed by atoms with E-state index in [4.69, 9.17) is 0 Å². The molecule has 0 bridgehead atoms. The van der Waals surface area contributed by atoms with E-state index in [1.165, 1.54) is 15.4 Å². The maximum absolute atomic E-state index is 2.16. The molecule has 2 rings (SSSR count). The van der Waals surface area contributed by atoms with Crippen molar-refractivity contribution in [3.63, 3.8) is 0 Å². The summed E-state index contributed by atoms with van der Waals surface area (Å²) in [4.78, 5) is 2.58. The molecule has 0 atom stereocenters. The van der Waals surface area contributed by atoms with Crippen LogP contribution in [0.1, 0.15) is 12.5 Å². The van der Waals surface area contributed by atoms with E-state index in [0.29, 0.717) is 0 Å². The average Bonchev–Trinajstić information content (AvgIpc) is 2.38. The van der Waals surface area contributed by atoms with Gasteiger partial charge < -0.3 is 0 Å². The van der Waals surface area contributed by atoms with Gasteiger partial charge in [0.1, 0.15) is 0 Å². The first-order valence-corrected chi connectivity index (χ1v) is 6.16. The van der Waals surface area contributed by atoms with Crippen LogP contribution in [0.25, 0.3) is 4.91 Å². The van der Waals surface area contributed by atoms with Crippen LogP contribution in [0.3, 0.4) is 0 Å². The lowest BCUT2D eigenvalue weighted by Crippen LogP contribution is -1.79. The second-order valence-corrected chi connectivity index (χ2v) is 4.55. The smallest absolute Gasteiger partial charge is 0.0152 e. The quantitative estimate of drug-likeness (QED) is 0.675. The standard InChI is InChI=1S/C15H14S/c1-2-15(13-9-5-3-6-10-13)16-14-11-7-4-8-12-14/h2-12H,1H3/b15-2+. The summed E-state index contributed by atoms with van der Waals surface area (Å²) in [6, 6.07) is 20.9. The summed E-state index contributed by atoms with van der Waals surface area (Å²) in [6.07, 6.45) is 2.16. The highest BCUT2D eigenvalue weighted by Crippen LogP contribution is 2.33. The molecule has 0 radical (unpaired) electrons. The van der Waals surface area contributed by atoms with E-state index in [2.05, 4.69) is 61.5 Å². The van der Waals surface area contributed by atoms with Gasteiger partial charge in [0.25, 0.3) is 0 Å².